The third-order valence-electron chi connectivity index (χ3n) is 8.39. The first-order chi connectivity index (χ1) is 21.2. The van der Waals surface area contributed by atoms with E-state index >= 15 is 0 Å². The number of rotatable bonds is 7. The van der Waals surface area contributed by atoms with Gasteiger partial charge in [-0.2, -0.15) is 0 Å². The molecule has 9 heteroatoms. The molecule has 3 aromatic carbocycles. The second-order valence-corrected chi connectivity index (χ2v) is 12.0. The van der Waals surface area contributed by atoms with E-state index < -0.39 is 18.4 Å². The quantitative estimate of drug-likeness (QED) is 0.103. The van der Waals surface area contributed by atoms with Crippen molar-refractivity contribution in [1.29, 1.82) is 0 Å². The van der Waals surface area contributed by atoms with Crippen LogP contribution in [0.5, 0.6) is 5.75 Å². The number of aromatic nitrogens is 1. The van der Waals surface area contributed by atoms with Gasteiger partial charge in [-0.3, -0.25) is 19.3 Å². The van der Waals surface area contributed by atoms with Crippen LogP contribution in [0.3, 0.4) is 0 Å². The summed E-state index contributed by atoms with van der Waals surface area (Å²) < 4.78 is 6.22. The number of fused-ring (bicyclic) bond motifs is 2. The minimum atomic E-state index is -0.710. The topological polar surface area (TPSA) is 114 Å². The van der Waals surface area contributed by atoms with Gasteiger partial charge < -0.3 is 9.84 Å². The van der Waals surface area contributed by atoms with Gasteiger partial charge in [-0.25, -0.2) is 9.78 Å². The molecule has 1 fully saturated rings. The monoisotopic (exact) mass is 652 g/mol. The van der Waals surface area contributed by atoms with Crippen molar-refractivity contribution in [1.82, 2.24) is 4.98 Å². The van der Waals surface area contributed by atoms with E-state index in [-0.39, 0.29) is 46.4 Å². The highest BCUT2D eigenvalue weighted by Gasteiger charge is 2.50. The number of benzene rings is 3. The van der Waals surface area contributed by atoms with Crippen molar-refractivity contribution in [3.05, 3.63) is 100 Å². The number of phenols is 1. The lowest BCUT2D eigenvalue weighted by molar-refractivity contribution is -0.122. The number of pyridine rings is 1. The average molecular weight is 654 g/mol. The number of allylic oxidation sites excluding steroid dienone is 2. The van der Waals surface area contributed by atoms with Crippen molar-refractivity contribution in [3.63, 3.8) is 0 Å². The molecule has 1 aliphatic heterocycles. The van der Waals surface area contributed by atoms with Gasteiger partial charge in [0.1, 0.15) is 5.75 Å². The van der Waals surface area contributed by atoms with Gasteiger partial charge in [0.15, 0.2) is 6.61 Å². The first-order valence-electron chi connectivity index (χ1n) is 14.4. The van der Waals surface area contributed by atoms with Crippen LogP contribution >= 0.6 is 15.9 Å². The molecule has 4 aromatic rings. The molecule has 1 N–H and O–H groups in total. The summed E-state index contributed by atoms with van der Waals surface area (Å²) in [6.07, 6.45) is 5.18. The zero-order chi connectivity index (χ0) is 31.1. The summed E-state index contributed by atoms with van der Waals surface area (Å²) in [6.45, 7) is 3.40. The Labute approximate surface area is 262 Å². The lowest BCUT2D eigenvalue weighted by atomic mass is 9.78. The Bertz CT molecular complexity index is 1870. The van der Waals surface area contributed by atoms with Crippen LogP contribution in [-0.2, 0) is 20.7 Å². The van der Waals surface area contributed by atoms with E-state index in [4.69, 9.17) is 9.72 Å². The normalized spacial score (nSPS) is 19.3. The van der Waals surface area contributed by atoms with Crippen molar-refractivity contribution in [2.75, 3.05) is 11.5 Å². The maximum atomic E-state index is 13.5. The second-order valence-electron chi connectivity index (χ2n) is 11.1. The SMILES string of the molecule is CCc1cc(Br)cc2c(C(=O)OCC(=O)c3ccccc3O)cc(-c3ccc(N4C(=O)C5CC=CC(C)C5C4=O)cc3)nc12. The Morgan fingerprint density at radius 3 is 2.48 bits per heavy atom. The number of anilines is 1. The highest BCUT2D eigenvalue weighted by molar-refractivity contribution is 9.10. The molecule has 3 unspecified atom stereocenters. The van der Waals surface area contributed by atoms with Gasteiger partial charge in [0.25, 0.3) is 0 Å². The van der Waals surface area contributed by atoms with E-state index in [1.165, 1.54) is 17.0 Å². The van der Waals surface area contributed by atoms with Gasteiger partial charge in [0.05, 0.1) is 39.9 Å². The third kappa shape index (κ3) is 5.21. The van der Waals surface area contributed by atoms with Crippen molar-refractivity contribution < 1.29 is 29.0 Å². The summed E-state index contributed by atoms with van der Waals surface area (Å²) in [6, 6.07) is 18.4. The number of amides is 2. The molecule has 1 saturated heterocycles. The predicted molar refractivity (Wildman–Crippen MR) is 169 cm³/mol. The van der Waals surface area contributed by atoms with Gasteiger partial charge in [0.2, 0.25) is 17.6 Å². The molecule has 1 aromatic heterocycles. The molecule has 222 valence electrons. The molecule has 0 saturated carbocycles. The number of carbonyl (C=O) groups excluding carboxylic acids is 4. The fourth-order valence-corrected chi connectivity index (χ4v) is 6.63. The Kier molecular flexibility index (Phi) is 7.90. The minimum absolute atomic E-state index is 0.00377. The summed E-state index contributed by atoms with van der Waals surface area (Å²) >= 11 is 3.52. The van der Waals surface area contributed by atoms with E-state index in [0.29, 0.717) is 40.7 Å². The molecule has 2 heterocycles. The zero-order valence-corrected chi connectivity index (χ0v) is 25.7. The maximum Gasteiger partial charge on any atom is 0.339 e. The molecular weight excluding hydrogens is 624 g/mol. The van der Waals surface area contributed by atoms with Crippen LogP contribution in [0, 0.1) is 17.8 Å². The number of imide groups is 1. The standard InChI is InChI=1S/C35H29BrN2O6/c1-3-20-15-22(36)16-26-27(35(43)44-18-30(40)24-8-4-5-10-29(24)39)17-28(37-32(20)26)21-11-13-23(14-12-21)38-33(41)25-9-6-7-19(2)31(25)34(38)42/h4-8,10-17,19,25,31,39H,3,9,18H2,1-2H3. The highest BCUT2D eigenvalue weighted by Crippen LogP contribution is 2.41. The number of hydrogen-bond acceptors (Lipinski definition) is 7. The highest BCUT2D eigenvalue weighted by atomic mass is 79.9. The molecule has 0 radical (unpaired) electrons. The Morgan fingerprint density at radius 2 is 1.77 bits per heavy atom. The largest absolute Gasteiger partial charge is 0.507 e. The van der Waals surface area contributed by atoms with Crippen LogP contribution in [0.15, 0.2) is 83.4 Å². The van der Waals surface area contributed by atoms with E-state index in [2.05, 4.69) is 15.9 Å². The number of halogens is 1. The number of aryl methyl sites for hydroxylation is 1. The molecule has 2 amide bonds. The van der Waals surface area contributed by atoms with E-state index in [9.17, 15) is 24.3 Å². The number of para-hydroxylation sites is 1. The maximum absolute atomic E-state index is 13.5. The Morgan fingerprint density at radius 1 is 1.02 bits per heavy atom. The molecule has 0 bridgehead atoms. The molecular formula is C35H29BrN2O6. The number of ketones is 1. The van der Waals surface area contributed by atoms with Gasteiger partial charge in [-0.1, -0.05) is 66.2 Å². The van der Waals surface area contributed by atoms with E-state index in [0.717, 1.165) is 10.0 Å². The van der Waals surface area contributed by atoms with Gasteiger partial charge in [-0.15, -0.1) is 0 Å². The summed E-state index contributed by atoms with van der Waals surface area (Å²) in [5, 5.41) is 10.6. The smallest absolute Gasteiger partial charge is 0.339 e. The summed E-state index contributed by atoms with van der Waals surface area (Å²) in [5.41, 5.74) is 3.48. The second kappa shape index (κ2) is 11.8. The minimum Gasteiger partial charge on any atom is -0.507 e. The first kappa shape index (κ1) is 29.4. The van der Waals surface area contributed by atoms with Crippen LogP contribution in [0.4, 0.5) is 5.69 Å². The van der Waals surface area contributed by atoms with Gasteiger partial charge in [0, 0.05) is 15.4 Å². The van der Waals surface area contributed by atoms with Crippen molar-refractivity contribution in [3.8, 4) is 17.0 Å². The number of ether oxygens (including phenoxy) is 1. The molecule has 1 aliphatic carbocycles. The molecule has 6 rings (SSSR count). The molecule has 8 nitrogen and oxygen atoms in total. The predicted octanol–water partition coefficient (Wildman–Crippen LogP) is 6.67. The fourth-order valence-electron chi connectivity index (χ4n) is 6.13. The Hall–Kier alpha value is -4.63. The number of Topliss-reactive ketones (excluding diaryl/α,β-unsaturated/α-hetero) is 1. The van der Waals surface area contributed by atoms with Crippen molar-refractivity contribution >= 4 is 56.1 Å². The molecule has 0 spiro atoms. The van der Waals surface area contributed by atoms with Crippen molar-refractivity contribution in [2.45, 2.75) is 26.7 Å². The van der Waals surface area contributed by atoms with Gasteiger partial charge >= 0.3 is 5.97 Å². The lowest BCUT2D eigenvalue weighted by Crippen LogP contribution is -2.31. The molecule has 44 heavy (non-hydrogen) atoms. The van der Waals surface area contributed by atoms with Gasteiger partial charge in [-0.05, 0) is 66.8 Å². The van der Waals surface area contributed by atoms with Crippen LogP contribution < -0.4 is 4.90 Å². The fraction of sp³-hybridized carbons (Fsp3) is 0.229. The summed E-state index contributed by atoms with van der Waals surface area (Å²) in [5.74, 6) is -2.50. The Balaban J connectivity index is 1.33. The average Bonchev–Trinajstić information content (AvgIpc) is 3.29. The van der Waals surface area contributed by atoms with Crippen molar-refractivity contribution in [2.24, 2.45) is 17.8 Å². The number of esters is 1. The lowest BCUT2D eigenvalue weighted by Gasteiger charge is -2.22. The summed E-state index contributed by atoms with van der Waals surface area (Å²) in [7, 11) is 0. The van der Waals surface area contributed by atoms with E-state index in [1.54, 1.807) is 48.5 Å². The van der Waals surface area contributed by atoms with Crippen LogP contribution in [0.25, 0.3) is 22.2 Å². The first-order valence-corrected chi connectivity index (χ1v) is 15.2. The number of nitrogens with zero attached hydrogens (tertiary/aromatic N) is 2. The zero-order valence-electron chi connectivity index (χ0n) is 24.1. The molecule has 3 atom stereocenters. The number of aromatic hydroxyl groups is 1. The number of carbonyl (C=O) groups is 4. The third-order valence-corrected chi connectivity index (χ3v) is 8.85. The van der Waals surface area contributed by atoms with Crippen LogP contribution in [-0.4, -0.2) is 40.3 Å². The number of phenolic OH excluding ortho intramolecular Hbond substituents is 1. The van der Waals surface area contributed by atoms with Crippen LogP contribution in [0.2, 0.25) is 0 Å². The number of hydrogen-bond donors (Lipinski definition) is 1. The molecule has 2 aliphatic rings. The van der Waals surface area contributed by atoms with Crippen LogP contribution in [0.1, 0.15) is 46.5 Å². The summed E-state index contributed by atoms with van der Waals surface area (Å²) in [4.78, 5) is 58.8. The van der Waals surface area contributed by atoms with E-state index in [1.807, 2.05) is 32.1 Å².